The summed E-state index contributed by atoms with van der Waals surface area (Å²) in [5.41, 5.74) is 4.22. The van der Waals surface area contributed by atoms with E-state index in [0.29, 0.717) is 6.42 Å². The summed E-state index contributed by atoms with van der Waals surface area (Å²) in [5.74, 6) is -0.940. The summed E-state index contributed by atoms with van der Waals surface area (Å²) >= 11 is 0. The van der Waals surface area contributed by atoms with Crippen molar-refractivity contribution < 1.29 is 14.7 Å². The monoisotopic (exact) mass is 363 g/mol. The van der Waals surface area contributed by atoms with Crippen LogP contribution in [0.1, 0.15) is 79.6 Å². The fourth-order valence-corrected chi connectivity index (χ4v) is 2.62. The van der Waals surface area contributed by atoms with Gasteiger partial charge in [0.15, 0.2) is 0 Å². The Kier molecular flexibility index (Phi) is 13.3. The molecule has 4 heteroatoms. The van der Waals surface area contributed by atoms with Crippen LogP contribution in [0.3, 0.4) is 0 Å². The summed E-state index contributed by atoms with van der Waals surface area (Å²) < 4.78 is 0. The molecule has 0 aliphatic heterocycles. The Labute approximate surface area is 159 Å². The number of amides is 1. The molecule has 0 aliphatic carbocycles. The molecule has 0 radical (unpaired) electrons. The summed E-state index contributed by atoms with van der Waals surface area (Å²) in [4.78, 5) is 22.0. The van der Waals surface area contributed by atoms with Crippen molar-refractivity contribution in [3.63, 3.8) is 0 Å². The second kappa shape index (κ2) is 14.3. The number of carbonyl (C=O) groups excluding carboxylic acids is 1. The Hall–Kier alpha value is -1.84. The van der Waals surface area contributed by atoms with Crippen molar-refractivity contribution in [2.45, 2.75) is 79.6 Å². The van der Waals surface area contributed by atoms with Crippen LogP contribution in [0.5, 0.6) is 0 Å². The third-order valence-electron chi connectivity index (χ3n) is 4.25. The Balaban J connectivity index is 3.97. The quantitative estimate of drug-likeness (QED) is 0.430. The minimum absolute atomic E-state index is 0.186. The summed E-state index contributed by atoms with van der Waals surface area (Å²) in [6, 6.07) is 0. The molecule has 4 nitrogen and oxygen atoms in total. The first-order chi connectivity index (χ1) is 12.2. The Morgan fingerprint density at radius 1 is 0.923 bits per heavy atom. The number of carbonyl (C=O) groups is 2. The van der Waals surface area contributed by atoms with Crippen molar-refractivity contribution in [2.24, 2.45) is 5.92 Å². The van der Waals surface area contributed by atoms with Crippen molar-refractivity contribution in [3.05, 3.63) is 34.9 Å². The number of carboxylic acids is 1. The van der Waals surface area contributed by atoms with E-state index in [2.05, 4.69) is 51.2 Å². The average molecular weight is 364 g/mol. The first-order valence-corrected chi connectivity index (χ1v) is 9.63. The van der Waals surface area contributed by atoms with Crippen LogP contribution in [-0.2, 0) is 9.59 Å². The third-order valence-corrected chi connectivity index (χ3v) is 4.25. The van der Waals surface area contributed by atoms with Crippen molar-refractivity contribution in [1.29, 1.82) is 0 Å². The topological polar surface area (TPSA) is 66.4 Å². The highest BCUT2D eigenvalue weighted by molar-refractivity contribution is 5.81. The van der Waals surface area contributed by atoms with Gasteiger partial charge in [-0.05, 0) is 72.1 Å². The molecule has 0 spiro atoms. The van der Waals surface area contributed by atoms with Crippen LogP contribution < -0.4 is 5.32 Å². The lowest BCUT2D eigenvalue weighted by molar-refractivity contribution is -0.138. The smallest absolute Gasteiger partial charge is 0.322 e. The lowest BCUT2D eigenvalue weighted by atomic mass is 9.99. The van der Waals surface area contributed by atoms with E-state index in [1.54, 1.807) is 0 Å². The van der Waals surface area contributed by atoms with E-state index in [1.165, 1.54) is 16.7 Å². The first-order valence-electron chi connectivity index (χ1n) is 9.63. The van der Waals surface area contributed by atoms with Gasteiger partial charge in [0.2, 0.25) is 5.91 Å². The molecular weight excluding hydrogens is 326 g/mol. The van der Waals surface area contributed by atoms with E-state index < -0.39 is 5.97 Å². The third kappa shape index (κ3) is 15.7. The molecule has 0 aromatic rings. The van der Waals surface area contributed by atoms with Crippen LogP contribution in [0.2, 0.25) is 0 Å². The molecule has 26 heavy (non-hydrogen) atoms. The fourth-order valence-electron chi connectivity index (χ4n) is 2.62. The second-order valence-electron chi connectivity index (χ2n) is 7.52. The molecule has 1 amide bonds. The zero-order valence-corrected chi connectivity index (χ0v) is 17.2. The minimum atomic E-state index is -1.01. The van der Waals surface area contributed by atoms with Gasteiger partial charge < -0.3 is 10.4 Å². The van der Waals surface area contributed by atoms with Gasteiger partial charge in [0.1, 0.15) is 6.54 Å². The van der Waals surface area contributed by atoms with E-state index in [0.717, 1.165) is 38.5 Å². The van der Waals surface area contributed by atoms with Gasteiger partial charge in [-0.2, -0.15) is 0 Å². The van der Waals surface area contributed by atoms with Crippen molar-refractivity contribution in [2.75, 3.05) is 6.54 Å². The second-order valence-corrected chi connectivity index (χ2v) is 7.52. The van der Waals surface area contributed by atoms with Crippen LogP contribution in [0.25, 0.3) is 0 Å². The standard InChI is InChI=1S/C22H37NO3/c1-17(2)9-6-10-18(3)11-7-12-19(4)13-8-14-20(5)15-21(24)23-16-22(25)26/h9,11,13,20H,6-8,10,12,14-16H2,1-5H3,(H,23,24)(H,25,26). The number of rotatable bonds is 13. The molecule has 0 aromatic carbocycles. The lowest BCUT2D eigenvalue weighted by Gasteiger charge is -2.10. The molecule has 0 bridgehead atoms. The first kappa shape index (κ1) is 24.2. The van der Waals surface area contributed by atoms with Crippen LogP contribution in [0.15, 0.2) is 34.9 Å². The van der Waals surface area contributed by atoms with Crippen molar-refractivity contribution in [1.82, 2.24) is 5.32 Å². The molecule has 1 atom stereocenters. The largest absolute Gasteiger partial charge is 0.480 e. The molecule has 1 unspecified atom stereocenters. The van der Waals surface area contributed by atoms with E-state index in [-0.39, 0.29) is 18.4 Å². The van der Waals surface area contributed by atoms with Crippen LogP contribution in [-0.4, -0.2) is 23.5 Å². The maximum Gasteiger partial charge on any atom is 0.322 e. The van der Waals surface area contributed by atoms with E-state index in [9.17, 15) is 9.59 Å². The molecule has 0 aromatic heterocycles. The Morgan fingerprint density at radius 3 is 2.00 bits per heavy atom. The molecular formula is C22H37NO3. The molecule has 148 valence electrons. The molecule has 0 saturated carbocycles. The number of allylic oxidation sites excluding steroid dienone is 6. The predicted molar refractivity (Wildman–Crippen MR) is 109 cm³/mol. The molecule has 0 heterocycles. The number of nitrogens with one attached hydrogen (secondary N) is 1. The normalized spacial score (nSPS) is 13.3. The van der Waals surface area contributed by atoms with E-state index >= 15 is 0 Å². The Morgan fingerprint density at radius 2 is 1.46 bits per heavy atom. The van der Waals surface area contributed by atoms with Gasteiger partial charge in [-0.25, -0.2) is 0 Å². The number of aliphatic carboxylic acids is 1. The fraction of sp³-hybridized carbons (Fsp3) is 0.636. The van der Waals surface area contributed by atoms with Gasteiger partial charge in [0, 0.05) is 6.42 Å². The van der Waals surface area contributed by atoms with E-state index in [1.807, 2.05) is 6.92 Å². The van der Waals surface area contributed by atoms with E-state index in [4.69, 9.17) is 5.11 Å². The maximum atomic E-state index is 11.6. The highest BCUT2D eigenvalue weighted by atomic mass is 16.4. The maximum absolute atomic E-state index is 11.6. The molecule has 0 fully saturated rings. The van der Waals surface area contributed by atoms with Crippen LogP contribution >= 0.6 is 0 Å². The highest BCUT2D eigenvalue weighted by Crippen LogP contribution is 2.15. The van der Waals surface area contributed by atoms with Gasteiger partial charge in [0.05, 0.1) is 0 Å². The van der Waals surface area contributed by atoms with Crippen molar-refractivity contribution >= 4 is 11.9 Å². The SMILES string of the molecule is CC(C)=CCCC(C)=CCCC(C)=CCCC(C)CC(=O)NCC(=O)O. The van der Waals surface area contributed by atoms with Crippen molar-refractivity contribution in [3.8, 4) is 0 Å². The van der Waals surface area contributed by atoms with Crippen LogP contribution in [0, 0.1) is 5.92 Å². The predicted octanol–water partition coefficient (Wildman–Crippen LogP) is 5.41. The molecule has 2 N–H and O–H groups in total. The number of hydrogen-bond acceptors (Lipinski definition) is 2. The molecule has 0 rings (SSSR count). The zero-order chi connectivity index (χ0) is 19.9. The van der Waals surface area contributed by atoms with Gasteiger partial charge in [-0.15, -0.1) is 0 Å². The highest BCUT2D eigenvalue weighted by Gasteiger charge is 2.09. The van der Waals surface area contributed by atoms with Gasteiger partial charge in [-0.1, -0.05) is 41.9 Å². The summed E-state index contributed by atoms with van der Waals surface area (Å²) in [7, 11) is 0. The zero-order valence-electron chi connectivity index (χ0n) is 17.2. The summed E-state index contributed by atoms with van der Waals surface area (Å²) in [6.07, 6.45) is 13.6. The summed E-state index contributed by atoms with van der Waals surface area (Å²) in [5, 5.41) is 10.9. The van der Waals surface area contributed by atoms with Gasteiger partial charge in [0.25, 0.3) is 0 Å². The average Bonchev–Trinajstić information content (AvgIpc) is 2.52. The number of carboxylic acid groups (broad SMARTS) is 1. The molecule has 0 saturated heterocycles. The van der Waals surface area contributed by atoms with Crippen LogP contribution in [0.4, 0.5) is 0 Å². The lowest BCUT2D eigenvalue weighted by Crippen LogP contribution is -2.30. The molecule has 0 aliphatic rings. The van der Waals surface area contributed by atoms with Gasteiger partial charge >= 0.3 is 5.97 Å². The Bertz CT molecular complexity index is 526. The summed E-state index contributed by atoms with van der Waals surface area (Å²) in [6.45, 7) is 10.4. The number of hydrogen-bond donors (Lipinski definition) is 2. The van der Waals surface area contributed by atoms with Gasteiger partial charge in [-0.3, -0.25) is 9.59 Å². The minimum Gasteiger partial charge on any atom is -0.480 e.